The number of para-hydroxylation sites is 1. The quantitative estimate of drug-likeness (QED) is 0.510. The molecule has 0 saturated carbocycles. The second kappa shape index (κ2) is 8.65. The van der Waals surface area contributed by atoms with E-state index in [1.165, 1.54) is 0 Å². The predicted octanol–water partition coefficient (Wildman–Crippen LogP) is -2.99. The third kappa shape index (κ3) is 5.73. The molecule has 0 fully saturated rings. The van der Waals surface area contributed by atoms with Crippen molar-refractivity contribution < 1.29 is 47.8 Å². The van der Waals surface area contributed by atoms with Gasteiger partial charge in [0.05, 0.1) is 19.6 Å². The standard InChI is InChI=1S/C17H15NO3.ClHO4/c1-19-13-8-9-14-15(10-13)21-11-16(20-2)17(14)18-12-6-4-3-5-7-12;2-1(3,4)5/h3-11H,1-2H3;(H,2,3,4,5). The normalized spacial score (nSPS) is 11.7. The topological polar surface area (TPSA) is 138 Å². The van der Waals surface area contributed by atoms with Gasteiger partial charge in [0.2, 0.25) is 11.4 Å². The maximum absolute atomic E-state index is 8.49. The molecule has 3 aromatic rings. The first-order valence-corrected chi connectivity index (χ1v) is 8.45. The molecule has 138 valence electrons. The minimum Gasteiger partial charge on any atom is -0.497 e. The molecule has 0 bridgehead atoms. The Balaban J connectivity index is 0.000000431. The summed E-state index contributed by atoms with van der Waals surface area (Å²) in [6, 6.07) is 15.6. The first kappa shape index (κ1) is 19.7. The molecule has 1 heterocycles. The summed E-state index contributed by atoms with van der Waals surface area (Å²) in [4.78, 5) is 3.38. The second-order valence-corrected chi connectivity index (χ2v) is 5.67. The van der Waals surface area contributed by atoms with Crippen LogP contribution in [0.5, 0.6) is 11.5 Å². The van der Waals surface area contributed by atoms with Crippen LogP contribution in [0.2, 0.25) is 0 Å². The number of rotatable bonds is 3. The summed E-state index contributed by atoms with van der Waals surface area (Å²) < 4.78 is 50.2. The van der Waals surface area contributed by atoms with Crippen LogP contribution in [0.4, 0.5) is 5.69 Å². The summed E-state index contributed by atoms with van der Waals surface area (Å²) >= 11 is 0. The van der Waals surface area contributed by atoms with Gasteiger partial charge in [-0.05, 0) is 12.1 Å². The van der Waals surface area contributed by atoms with Crippen LogP contribution in [-0.2, 0) is 0 Å². The Morgan fingerprint density at radius 3 is 2.15 bits per heavy atom. The van der Waals surface area contributed by atoms with Gasteiger partial charge < -0.3 is 13.9 Å². The number of fused-ring (bicyclic) bond motifs is 1. The van der Waals surface area contributed by atoms with Crippen molar-refractivity contribution in [1.82, 2.24) is 0 Å². The summed E-state index contributed by atoms with van der Waals surface area (Å²) in [6.45, 7) is 0. The Kier molecular flexibility index (Phi) is 6.56. The number of hydrogen-bond donors (Lipinski definition) is 1. The van der Waals surface area contributed by atoms with Gasteiger partial charge in [-0.2, -0.15) is 0 Å². The third-order valence-electron chi connectivity index (χ3n) is 3.26. The zero-order valence-electron chi connectivity index (χ0n) is 13.9. The van der Waals surface area contributed by atoms with Gasteiger partial charge >= 0.3 is 0 Å². The van der Waals surface area contributed by atoms with Gasteiger partial charge in [-0.1, -0.05) is 18.2 Å². The molecule has 0 aliphatic carbocycles. The van der Waals surface area contributed by atoms with Gasteiger partial charge in [-0.15, -0.1) is 10.2 Å². The molecule has 26 heavy (non-hydrogen) atoms. The van der Waals surface area contributed by atoms with Crippen molar-refractivity contribution >= 4 is 16.7 Å². The van der Waals surface area contributed by atoms with Crippen molar-refractivity contribution in [2.75, 3.05) is 14.2 Å². The van der Waals surface area contributed by atoms with Crippen LogP contribution in [0.3, 0.4) is 0 Å². The molecular formula is C17H16ClNO7. The fourth-order valence-electron chi connectivity index (χ4n) is 2.19. The molecule has 3 rings (SSSR count). The Morgan fingerprint density at radius 1 is 0.923 bits per heavy atom. The van der Waals surface area contributed by atoms with E-state index < -0.39 is 10.2 Å². The average Bonchev–Trinajstić information content (AvgIpc) is 2.61. The van der Waals surface area contributed by atoms with Crippen LogP contribution in [0.1, 0.15) is 0 Å². The lowest BCUT2D eigenvalue weighted by molar-refractivity contribution is -2.00. The van der Waals surface area contributed by atoms with Gasteiger partial charge in [-0.3, -0.25) is 0 Å². The average molecular weight is 382 g/mol. The van der Waals surface area contributed by atoms with Gasteiger partial charge in [0.1, 0.15) is 17.6 Å². The molecule has 1 N–H and O–H groups in total. The van der Waals surface area contributed by atoms with Crippen molar-refractivity contribution in [3.05, 3.63) is 60.2 Å². The highest BCUT2D eigenvalue weighted by Gasteiger charge is 2.11. The minimum atomic E-state index is -4.94. The van der Waals surface area contributed by atoms with E-state index in [0.717, 1.165) is 27.8 Å². The molecule has 2 aromatic carbocycles. The molecule has 0 unspecified atom stereocenters. The van der Waals surface area contributed by atoms with E-state index in [9.17, 15) is 0 Å². The molecule has 0 radical (unpaired) electrons. The van der Waals surface area contributed by atoms with E-state index >= 15 is 0 Å². The smallest absolute Gasteiger partial charge is 0.260 e. The van der Waals surface area contributed by atoms with E-state index in [4.69, 9.17) is 32.5 Å². The molecule has 9 heteroatoms. The maximum atomic E-state index is 8.49. The highest BCUT2D eigenvalue weighted by atomic mass is 35.7. The van der Waals surface area contributed by atoms with Crippen molar-refractivity contribution in [1.29, 1.82) is 0 Å². The molecule has 8 nitrogen and oxygen atoms in total. The zero-order valence-corrected chi connectivity index (χ0v) is 14.7. The van der Waals surface area contributed by atoms with Gasteiger partial charge in [0, 0.05) is 18.2 Å². The molecule has 1 aromatic heterocycles. The monoisotopic (exact) mass is 381 g/mol. The first-order valence-electron chi connectivity index (χ1n) is 7.22. The summed E-state index contributed by atoms with van der Waals surface area (Å²) in [6.07, 6.45) is 1.59. The summed E-state index contributed by atoms with van der Waals surface area (Å²) in [7, 11) is -1.69. The highest BCUT2D eigenvalue weighted by molar-refractivity contribution is 5.78. The van der Waals surface area contributed by atoms with Crippen LogP contribution < -0.4 is 38.5 Å². The summed E-state index contributed by atoms with van der Waals surface area (Å²) in [5.41, 5.74) is 1.72. The van der Waals surface area contributed by atoms with E-state index in [0.29, 0.717) is 5.75 Å². The van der Waals surface area contributed by atoms with Crippen molar-refractivity contribution in [3.63, 3.8) is 0 Å². The number of benzene rings is 2. The second-order valence-electron chi connectivity index (χ2n) is 4.91. The number of ether oxygens (including phenoxy) is 2. The lowest BCUT2D eigenvalue weighted by atomic mass is 10.2. The number of methoxy groups -OCH3 is 2. The van der Waals surface area contributed by atoms with E-state index in [-0.39, 0.29) is 0 Å². The van der Waals surface area contributed by atoms with Crippen LogP contribution >= 0.6 is 0 Å². The van der Waals surface area contributed by atoms with Crippen LogP contribution in [-0.4, -0.2) is 14.2 Å². The van der Waals surface area contributed by atoms with Gasteiger partial charge in [-0.25, -0.2) is 23.6 Å². The zero-order chi connectivity index (χ0) is 19.2. The fourth-order valence-corrected chi connectivity index (χ4v) is 2.19. The predicted molar refractivity (Wildman–Crippen MR) is 79.5 cm³/mol. The molecule has 0 atom stereocenters. The van der Waals surface area contributed by atoms with E-state index in [1.807, 2.05) is 48.5 Å². The minimum absolute atomic E-state index is 0.650. The lowest BCUT2D eigenvalue weighted by Crippen LogP contribution is -2.70. The van der Waals surface area contributed by atoms with Crippen LogP contribution in [0, 0.1) is 10.2 Å². The van der Waals surface area contributed by atoms with Gasteiger partial charge in [0.25, 0.3) is 5.36 Å². The Hall–Kier alpha value is -2.62. The van der Waals surface area contributed by atoms with Crippen LogP contribution in [0.15, 0.2) is 59.2 Å². The Bertz CT molecular complexity index is 914. The molecular weight excluding hydrogens is 366 g/mol. The Labute approximate surface area is 150 Å². The number of hydrogen-bond acceptors (Lipinski definition) is 7. The fraction of sp³-hybridized carbons (Fsp3) is 0.118. The van der Waals surface area contributed by atoms with Crippen molar-refractivity contribution in [2.45, 2.75) is 0 Å². The summed E-state index contributed by atoms with van der Waals surface area (Å²) in [5, 5.41) is 1.80. The Morgan fingerprint density at radius 2 is 1.58 bits per heavy atom. The largest absolute Gasteiger partial charge is 0.497 e. The molecule has 0 saturated heterocycles. The molecule has 0 aliphatic rings. The van der Waals surface area contributed by atoms with Crippen LogP contribution in [0.25, 0.3) is 11.0 Å². The summed E-state index contributed by atoms with van der Waals surface area (Å²) in [5.74, 6) is 1.40. The van der Waals surface area contributed by atoms with Crippen molar-refractivity contribution in [3.8, 4) is 11.5 Å². The maximum Gasteiger partial charge on any atom is 0.260 e. The molecule has 0 aliphatic heterocycles. The lowest BCUT2D eigenvalue weighted by Gasteiger charge is -2.17. The van der Waals surface area contributed by atoms with E-state index in [1.54, 1.807) is 20.5 Å². The third-order valence-corrected chi connectivity index (χ3v) is 3.26. The molecule has 0 amide bonds. The SMILES string of the molecule is COc1ccc2c(=[NH+]c3ccccc3)c(OC)coc2c1.[O-][Cl+3]([O-])([O-])[O-]. The number of halogens is 1. The molecule has 0 spiro atoms. The first-order chi connectivity index (χ1) is 12.3. The number of nitrogens with one attached hydrogen (secondary N) is 1. The van der Waals surface area contributed by atoms with Gasteiger partial charge in [0.15, 0.2) is 0 Å². The van der Waals surface area contributed by atoms with Crippen molar-refractivity contribution in [2.24, 2.45) is 0 Å². The van der Waals surface area contributed by atoms with E-state index in [2.05, 4.69) is 4.99 Å². The highest BCUT2D eigenvalue weighted by Crippen LogP contribution is 2.20.